The molecule has 7 heteroatoms. The van der Waals surface area contributed by atoms with Crippen LogP contribution in [0.2, 0.25) is 5.02 Å². The van der Waals surface area contributed by atoms with E-state index in [1.165, 1.54) is 0 Å². The first-order chi connectivity index (χ1) is 11.5. The molecule has 2 aromatic carbocycles. The molecule has 3 aromatic rings. The highest BCUT2D eigenvalue weighted by Gasteiger charge is 2.19. The number of rotatable bonds is 5. The van der Waals surface area contributed by atoms with Gasteiger partial charge in [0, 0.05) is 30.4 Å². The second kappa shape index (κ2) is 6.80. The van der Waals surface area contributed by atoms with Crippen LogP contribution in [-0.4, -0.2) is 34.1 Å². The van der Waals surface area contributed by atoms with Crippen LogP contribution < -0.4 is 10.3 Å². The molecule has 0 aliphatic rings. The molecule has 1 heterocycles. The van der Waals surface area contributed by atoms with Crippen molar-refractivity contribution in [2.75, 3.05) is 24.4 Å². The maximum Gasteiger partial charge on any atom is 0.138 e. The average Bonchev–Trinajstić information content (AvgIpc) is 3.08. The quantitative estimate of drug-likeness (QED) is 0.745. The molecule has 1 aromatic heterocycles. The smallest absolute Gasteiger partial charge is 0.138 e. The van der Waals surface area contributed by atoms with Crippen molar-refractivity contribution in [1.82, 2.24) is 14.9 Å². The summed E-state index contributed by atoms with van der Waals surface area (Å²) in [5.74, 6) is 0.168. The summed E-state index contributed by atoms with van der Waals surface area (Å²) in [5, 5.41) is 18.4. The zero-order chi connectivity index (χ0) is 17.1. The number of nitrogens with one attached hydrogen (secondary N) is 1. The molecule has 0 amide bonds. The minimum atomic E-state index is -0.309. The summed E-state index contributed by atoms with van der Waals surface area (Å²) in [6.45, 7) is 0. The van der Waals surface area contributed by atoms with Gasteiger partial charge in [0.1, 0.15) is 18.4 Å². The van der Waals surface area contributed by atoms with Gasteiger partial charge in [-0.3, -0.25) is 0 Å². The third-order valence-corrected chi connectivity index (χ3v) is 3.98. The lowest BCUT2D eigenvalue weighted by Gasteiger charge is -2.23. The van der Waals surface area contributed by atoms with Gasteiger partial charge in [-0.25, -0.2) is 4.68 Å². The highest BCUT2D eigenvalue weighted by molar-refractivity contribution is 6.30. The Labute approximate surface area is 145 Å². The van der Waals surface area contributed by atoms with Crippen LogP contribution >= 0.6 is 11.6 Å². The molecular formula is C17H18ClN5O. The Bertz CT molecular complexity index is 802. The fourth-order valence-electron chi connectivity index (χ4n) is 2.46. The number of phenols is 1. The van der Waals surface area contributed by atoms with Crippen LogP contribution in [0.5, 0.6) is 5.75 Å². The van der Waals surface area contributed by atoms with E-state index in [2.05, 4.69) is 15.6 Å². The summed E-state index contributed by atoms with van der Waals surface area (Å²) >= 11 is 6.12. The molecular weight excluding hydrogens is 326 g/mol. The van der Waals surface area contributed by atoms with E-state index in [0.717, 1.165) is 11.3 Å². The Morgan fingerprint density at radius 3 is 2.38 bits per heavy atom. The van der Waals surface area contributed by atoms with Crippen LogP contribution in [0, 0.1) is 0 Å². The summed E-state index contributed by atoms with van der Waals surface area (Å²) in [6.07, 6.45) is 3.12. The Morgan fingerprint density at radius 2 is 1.75 bits per heavy atom. The van der Waals surface area contributed by atoms with Crippen molar-refractivity contribution in [2.45, 2.75) is 6.04 Å². The number of phenolic OH excluding ortho intramolecular Hbond substituents is 1. The zero-order valence-electron chi connectivity index (χ0n) is 13.4. The second-order valence-electron chi connectivity index (χ2n) is 5.62. The van der Waals surface area contributed by atoms with Crippen molar-refractivity contribution in [1.29, 1.82) is 0 Å². The normalized spacial score (nSPS) is 12.0. The minimum Gasteiger partial charge on any atom is -0.508 e. The van der Waals surface area contributed by atoms with Crippen molar-refractivity contribution in [3.63, 3.8) is 0 Å². The van der Waals surface area contributed by atoms with Gasteiger partial charge in [0.05, 0.1) is 6.04 Å². The van der Waals surface area contributed by atoms with E-state index < -0.39 is 0 Å². The fourth-order valence-corrected chi connectivity index (χ4v) is 2.64. The number of aromatic nitrogens is 3. The van der Waals surface area contributed by atoms with E-state index in [1.807, 2.05) is 43.3 Å². The van der Waals surface area contributed by atoms with Gasteiger partial charge in [0.15, 0.2) is 0 Å². The number of halogens is 1. The highest BCUT2D eigenvalue weighted by atomic mass is 35.5. The monoisotopic (exact) mass is 343 g/mol. The van der Waals surface area contributed by atoms with Crippen LogP contribution in [0.15, 0.2) is 55.1 Å². The summed E-state index contributed by atoms with van der Waals surface area (Å²) in [7, 11) is 3.98. The molecule has 0 aliphatic carbocycles. The zero-order valence-corrected chi connectivity index (χ0v) is 14.1. The van der Waals surface area contributed by atoms with Crippen molar-refractivity contribution in [2.24, 2.45) is 0 Å². The van der Waals surface area contributed by atoms with Crippen LogP contribution in [0.1, 0.15) is 17.2 Å². The van der Waals surface area contributed by atoms with E-state index in [9.17, 15) is 5.11 Å². The Morgan fingerprint density at radius 1 is 1.08 bits per heavy atom. The second-order valence-corrected chi connectivity index (χ2v) is 6.06. The van der Waals surface area contributed by atoms with Gasteiger partial charge >= 0.3 is 0 Å². The van der Waals surface area contributed by atoms with Gasteiger partial charge in [0.25, 0.3) is 0 Å². The van der Waals surface area contributed by atoms with E-state index in [4.69, 9.17) is 11.6 Å². The van der Waals surface area contributed by atoms with Gasteiger partial charge in [0.2, 0.25) is 0 Å². The molecule has 0 saturated heterocycles. The first-order valence-electron chi connectivity index (χ1n) is 7.41. The molecule has 0 fully saturated rings. The van der Waals surface area contributed by atoms with E-state index in [1.54, 1.807) is 35.5 Å². The lowest BCUT2D eigenvalue weighted by Crippen LogP contribution is -2.21. The van der Waals surface area contributed by atoms with Crippen molar-refractivity contribution < 1.29 is 5.11 Å². The summed E-state index contributed by atoms with van der Waals surface area (Å²) < 4.78 is 1.64. The molecule has 0 unspecified atom stereocenters. The molecule has 6 nitrogen and oxygen atoms in total. The number of anilines is 1. The largest absolute Gasteiger partial charge is 0.508 e. The molecule has 2 N–H and O–H groups in total. The van der Waals surface area contributed by atoms with Crippen LogP contribution in [0.25, 0.3) is 0 Å². The number of hydrogen-bond donors (Lipinski definition) is 2. The van der Waals surface area contributed by atoms with E-state index in [0.29, 0.717) is 10.6 Å². The fraction of sp³-hybridized carbons (Fsp3) is 0.176. The van der Waals surface area contributed by atoms with Crippen LogP contribution in [0.4, 0.5) is 5.69 Å². The SMILES string of the molecule is CN(C)c1ccc([C@H](Nn2cnnc2)c2cc(Cl)ccc2O)cc1. The van der Waals surface area contributed by atoms with Crippen LogP contribution in [0.3, 0.4) is 0 Å². The molecule has 0 saturated carbocycles. The number of hydrogen-bond acceptors (Lipinski definition) is 5. The lowest BCUT2D eigenvalue weighted by molar-refractivity contribution is 0.465. The Hall–Kier alpha value is -2.73. The molecule has 0 bridgehead atoms. The van der Waals surface area contributed by atoms with Gasteiger partial charge < -0.3 is 15.4 Å². The first kappa shape index (κ1) is 16.1. The van der Waals surface area contributed by atoms with Gasteiger partial charge in [-0.1, -0.05) is 23.7 Å². The summed E-state index contributed by atoms with van der Waals surface area (Å²) in [6, 6.07) is 12.8. The summed E-state index contributed by atoms with van der Waals surface area (Å²) in [5.41, 5.74) is 6.02. The molecule has 0 radical (unpaired) electrons. The molecule has 1 atom stereocenters. The topological polar surface area (TPSA) is 66.2 Å². The number of nitrogens with zero attached hydrogens (tertiary/aromatic N) is 4. The first-order valence-corrected chi connectivity index (χ1v) is 7.79. The Balaban J connectivity index is 2.02. The third kappa shape index (κ3) is 3.44. The lowest BCUT2D eigenvalue weighted by atomic mass is 9.98. The molecule has 24 heavy (non-hydrogen) atoms. The average molecular weight is 344 g/mol. The van der Waals surface area contributed by atoms with E-state index in [-0.39, 0.29) is 11.8 Å². The van der Waals surface area contributed by atoms with Crippen LogP contribution in [-0.2, 0) is 0 Å². The minimum absolute atomic E-state index is 0.168. The maximum atomic E-state index is 10.3. The van der Waals surface area contributed by atoms with Gasteiger partial charge in [-0.15, -0.1) is 10.2 Å². The number of benzene rings is 2. The molecule has 124 valence electrons. The number of aromatic hydroxyl groups is 1. The van der Waals surface area contributed by atoms with Crippen molar-refractivity contribution in [3.05, 3.63) is 71.3 Å². The predicted octanol–water partition coefficient (Wildman–Crippen LogP) is 3.04. The van der Waals surface area contributed by atoms with E-state index >= 15 is 0 Å². The maximum absolute atomic E-state index is 10.3. The molecule has 0 spiro atoms. The molecule has 0 aliphatic heterocycles. The van der Waals surface area contributed by atoms with Crippen molar-refractivity contribution in [3.8, 4) is 5.75 Å². The predicted molar refractivity (Wildman–Crippen MR) is 95.1 cm³/mol. The third-order valence-electron chi connectivity index (χ3n) is 3.74. The molecule has 3 rings (SSSR count). The standard InChI is InChI=1S/C17H18ClN5O/c1-22(2)14-6-3-12(4-7-14)17(21-23-10-19-20-11-23)15-9-13(18)5-8-16(15)24/h3-11,17,21,24H,1-2H3/t17-/m0/s1. The van der Waals surface area contributed by atoms with Gasteiger partial charge in [-0.05, 0) is 35.9 Å². The highest BCUT2D eigenvalue weighted by Crippen LogP contribution is 2.33. The Kier molecular flexibility index (Phi) is 4.57. The van der Waals surface area contributed by atoms with Gasteiger partial charge in [-0.2, -0.15) is 0 Å². The summed E-state index contributed by atoms with van der Waals surface area (Å²) in [4.78, 5) is 2.03. The van der Waals surface area contributed by atoms with Crippen molar-refractivity contribution >= 4 is 17.3 Å².